The van der Waals surface area contributed by atoms with Crippen LogP contribution < -0.4 is 0 Å². The first-order valence-electron chi connectivity index (χ1n) is 8.62. The Bertz CT molecular complexity index is 821. The van der Waals surface area contributed by atoms with Crippen molar-refractivity contribution in [2.24, 2.45) is 0 Å². The van der Waals surface area contributed by atoms with E-state index in [2.05, 4.69) is 9.55 Å². The minimum absolute atomic E-state index is 0.122. The normalized spacial score (nSPS) is 19.2. The molecule has 2 saturated heterocycles. The van der Waals surface area contributed by atoms with Crippen LogP contribution in [0.1, 0.15) is 25.1 Å². The summed E-state index contributed by atoms with van der Waals surface area (Å²) < 4.78 is 12.3. The summed E-state index contributed by atoms with van der Waals surface area (Å²) >= 11 is 0. The van der Waals surface area contributed by atoms with Gasteiger partial charge in [0.15, 0.2) is 5.60 Å². The topological polar surface area (TPSA) is 73.7 Å². The molecule has 2 aromatic rings. The Labute approximate surface area is 145 Å². The molecule has 0 aliphatic carbocycles. The van der Waals surface area contributed by atoms with Gasteiger partial charge in [-0.3, -0.25) is 4.79 Å². The summed E-state index contributed by atoms with van der Waals surface area (Å²) in [6.07, 6.45) is 1.11. The van der Waals surface area contributed by atoms with Crippen molar-refractivity contribution >= 4 is 23.1 Å². The molecule has 1 amide bonds. The van der Waals surface area contributed by atoms with Crippen molar-refractivity contribution in [2.45, 2.75) is 38.3 Å². The molecule has 1 spiro atoms. The lowest BCUT2D eigenvalue weighted by Crippen LogP contribution is -2.48. The van der Waals surface area contributed by atoms with Crippen LogP contribution in [0.2, 0.25) is 0 Å². The van der Waals surface area contributed by atoms with Gasteiger partial charge in [-0.2, -0.15) is 0 Å². The number of piperidine rings is 1. The van der Waals surface area contributed by atoms with Gasteiger partial charge in [0.25, 0.3) is 0 Å². The van der Waals surface area contributed by atoms with Gasteiger partial charge in [-0.15, -0.1) is 0 Å². The number of para-hydroxylation sites is 2. The smallest absolute Gasteiger partial charge is 0.430 e. The molecule has 0 N–H and O–H groups in total. The summed E-state index contributed by atoms with van der Waals surface area (Å²) in [6.45, 7) is 4.07. The van der Waals surface area contributed by atoms with Crippen molar-refractivity contribution in [3.8, 4) is 0 Å². The highest BCUT2D eigenvalue weighted by Gasteiger charge is 2.45. The molecule has 132 valence electrons. The van der Waals surface area contributed by atoms with Crippen molar-refractivity contribution in [1.82, 2.24) is 14.5 Å². The molecule has 0 saturated carbocycles. The summed E-state index contributed by atoms with van der Waals surface area (Å²) in [5.74, 6) is 1.04. The highest BCUT2D eigenvalue weighted by molar-refractivity contribution is 5.78. The third kappa shape index (κ3) is 2.94. The Morgan fingerprint density at radius 2 is 2.04 bits per heavy atom. The number of cyclic esters (lactones) is 1. The van der Waals surface area contributed by atoms with E-state index < -0.39 is 11.8 Å². The quantitative estimate of drug-likeness (QED) is 0.799. The van der Waals surface area contributed by atoms with E-state index in [1.165, 1.54) is 0 Å². The number of carbonyl (C=O) groups excluding carboxylic acids is 2. The van der Waals surface area contributed by atoms with Gasteiger partial charge in [0.2, 0.25) is 5.91 Å². The molecule has 0 radical (unpaired) electrons. The van der Waals surface area contributed by atoms with Crippen molar-refractivity contribution < 1.29 is 19.1 Å². The molecule has 2 aliphatic heterocycles. The molecule has 1 aromatic carbocycles. The summed E-state index contributed by atoms with van der Waals surface area (Å²) in [4.78, 5) is 30.1. The summed E-state index contributed by atoms with van der Waals surface area (Å²) in [5.41, 5.74) is 1.49. The van der Waals surface area contributed by atoms with E-state index >= 15 is 0 Å². The molecule has 1 aromatic heterocycles. The Morgan fingerprint density at radius 1 is 1.28 bits per heavy atom. The number of nitrogens with zero attached hydrogens (tertiary/aromatic N) is 3. The number of fused-ring (bicyclic) bond motifs is 1. The fraction of sp³-hybridized carbons (Fsp3) is 0.500. The summed E-state index contributed by atoms with van der Waals surface area (Å²) in [5, 5.41) is 0. The molecule has 7 heteroatoms. The lowest BCUT2D eigenvalue weighted by Gasteiger charge is -2.36. The monoisotopic (exact) mass is 343 g/mol. The average Bonchev–Trinajstić information content (AvgIpc) is 3.13. The van der Waals surface area contributed by atoms with Gasteiger partial charge in [0.05, 0.1) is 11.0 Å². The highest BCUT2D eigenvalue weighted by Crippen LogP contribution is 2.31. The van der Waals surface area contributed by atoms with Crippen LogP contribution >= 0.6 is 0 Å². The largest absolute Gasteiger partial charge is 0.509 e. The summed E-state index contributed by atoms with van der Waals surface area (Å²) in [6, 6.07) is 7.96. The number of hydrogen-bond acceptors (Lipinski definition) is 5. The number of aromatic nitrogens is 2. The second-order valence-corrected chi connectivity index (χ2v) is 6.75. The number of ether oxygens (including phenoxy) is 2. The second kappa shape index (κ2) is 6.06. The van der Waals surface area contributed by atoms with Crippen molar-refractivity contribution in [3.63, 3.8) is 0 Å². The van der Waals surface area contributed by atoms with E-state index in [1.807, 2.05) is 36.1 Å². The number of carbonyl (C=O) groups is 2. The maximum Gasteiger partial charge on any atom is 0.509 e. The van der Waals surface area contributed by atoms with Gasteiger partial charge in [0.1, 0.15) is 12.4 Å². The molecule has 25 heavy (non-hydrogen) atoms. The Kier molecular flexibility index (Phi) is 3.86. The van der Waals surface area contributed by atoms with Crippen LogP contribution in [0.5, 0.6) is 0 Å². The Hall–Kier alpha value is -2.57. The lowest BCUT2D eigenvalue weighted by atomic mass is 9.92. The van der Waals surface area contributed by atoms with Crippen LogP contribution in [-0.2, 0) is 20.8 Å². The van der Waals surface area contributed by atoms with Gasteiger partial charge in [-0.1, -0.05) is 12.1 Å². The van der Waals surface area contributed by atoms with Crippen LogP contribution in [-0.4, -0.2) is 51.8 Å². The van der Waals surface area contributed by atoms with E-state index in [1.54, 1.807) is 0 Å². The minimum atomic E-state index is -0.595. The number of benzene rings is 1. The fourth-order valence-corrected chi connectivity index (χ4v) is 3.68. The predicted octanol–water partition coefficient (Wildman–Crippen LogP) is 2.26. The van der Waals surface area contributed by atoms with Gasteiger partial charge < -0.3 is 18.9 Å². The first-order valence-corrected chi connectivity index (χ1v) is 8.62. The molecular weight excluding hydrogens is 322 g/mol. The van der Waals surface area contributed by atoms with Crippen LogP contribution in [0, 0.1) is 6.92 Å². The Morgan fingerprint density at radius 3 is 2.76 bits per heavy atom. The molecule has 0 atom stereocenters. The van der Waals surface area contributed by atoms with Gasteiger partial charge in [-0.25, -0.2) is 9.78 Å². The van der Waals surface area contributed by atoms with Crippen molar-refractivity contribution in [1.29, 1.82) is 0 Å². The number of amides is 1. The van der Waals surface area contributed by atoms with Gasteiger partial charge >= 0.3 is 6.16 Å². The minimum Gasteiger partial charge on any atom is -0.430 e. The van der Waals surface area contributed by atoms with E-state index in [9.17, 15) is 9.59 Å². The Balaban J connectivity index is 1.37. The molecule has 0 unspecified atom stereocenters. The van der Waals surface area contributed by atoms with E-state index in [0.29, 0.717) is 45.5 Å². The zero-order chi connectivity index (χ0) is 17.4. The molecule has 0 bridgehead atoms. The number of aryl methyl sites for hydroxylation is 2. The fourth-order valence-electron chi connectivity index (χ4n) is 3.68. The number of likely N-dealkylation sites (tertiary alicyclic amines) is 1. The highest BCUT2D eigenvalue weighted by atomic mass is 16.8. The molecule has 3 heterocycles. The summed E-state index contributed by atoms with van der Waals surface area (Å²) in [7, 11) is 0. The van der Waals surface area contributed by atoms with Crippen LogP contribution in [0.25, 0.3) is 11.0 Å². The van der Waals surface area contributed by atoms with Crippen LogP contribution in [0.15, 0.2) is 24.3 Å². The predicted molar refractivity (Wildman–Crippen MR) is 90.1 cm³/mol. The SMILES string of the molecule is Cc1nc2ccccc2n1CCC(=O)N1CCC2(CC1)COC(=O)O2. The lowest BCUT2D eigenvalue weighted by molar-refractivity contribution is -0.134. The van der Waals surface area contributed by atoms with Gasteiger partial charge in [-0.05, 0) is 19.1 Å². The second-order valence-electron chi connectivity index (χ2n) is 6.75. The molecule has 2 aliphatic rings. The van der Waals surface area contributed by atoms with Crippen LogP contribution in [0.4, 0.5) is 4.79 Å². The zero-order valence-corrected chi connectivity index (χ0v) is 14.2. The first-order chi connectivity index (χ1) is 12.1. The molecule has 7 nitrogen and oxygen atoms in total. The maximum absolute atomic E-state index is 12.6. The molecule has 2 fully saturated rings. The maximum atomic E-state index is 12.6. The molecule has 4 rings (SSSR count). The third-order valence-corrected chi connectivity index (χ3v) is 5.17. The van der Waals surface area contributed by atoms with E-state index in [0.717, 1.165) is 16.9 Å². The van der Waals surface area contributed by atoms with Crippen LogP contribution in [0.3, 0.4) is 0 Å². The van der Waals surface area contributed by atoms with Crippen molar-refractivity contribution in [2.75, 3.05) is 19.7 Å². The van der Waals surface area contributed by atoms with E-state index in [-0.39, 0.29) is 5.91 Å². The zero-order valence-electron chi connectivity index (χ0n) is 14.2. The first kappa shape index (κ1) is 15.9. The van der Waals surface area contributed by atoms with E-state index in [4.69, 9.17) is 9.47 Å². The standard InChI is InChI=1S/C18H21N3O4/c1-13-19-14-4-2-3-5-15(14)21(13)9-6-16(22)20-10-7-18(8-11-20)12-24-17(23)25-18/h2-5H,6-12H2,1H3. The number of rotatable bonds is 3. The number of imidazole rings is 1. The third-order valence-electron chi connectivity index (χ3n) is 5.17. The van der Waals surface area contributed by atoms with Gasteiger partial charge in [0, 0.05) is 38.9 Å². The van der Waals surface area contributed by atoms with Crippen molar-refractivity contribution in [3.05, 3.63) is 30.1 Å². The number of hydrogen-bond donors (Lipinski definition) is 0. The average molecular weight is 343 g/mol. The molecular formula is C18H21N3O4.